The number of aryl methyl sites for hydroxylation is 1. The number of rotatable bonds is 4. The third-order valence-corrected chi connectivity index (χ3v) is 4.78. The third kappa shape index (κ3) is 3.18. The van der Waals surface area contributed by atoms with Crippen LogP contribution in [-0.4, -0.2) is 21.0 Å². The normalized spacial score (nSPS) is 20.3. The van der Waals surface area contributed by atoms with E-state index in [1.54, 1.807) is 11.7 Å². The molecule has 0 spiro atoms. The second-order valence-corrected chi connectivity index (χ2v) is 6.73. The number of hydrogen-bond acceptors (Lipinski definition) is 4. The van der Waals surface area contributed by atoms with Gasteiger partial charge in [-0.1, -0.05) is 33.3 Å². The number of carbonyl (C=O) groups excluding carboxylic acids is 1. The van der Waals surface area contributed by atoms with Gasteiger partial charge in [-0.15, -0.1) is 5.10 Å². The Labute approximate surface area is 138 Å². The smallest absolute Gasteiger partial charge is 0.309 e. The quantitative estimate of drug-likeness (QED) is 0.721. The van der Waals surface area contributed by atoms with E-state index in [2.05, 4.69) is 42.2 Å². The molecule has 0 aliphatic heterocycles. The highest BCUT2D eigenvalue weighted by Crippen LogP contribution is 2.48. The lowest BCUT2D eigenvalue weighted by atomic mass is 10.1. The van der Waals surface area contributed by atoms with Crippen molar-refractivity contribution in [2.24, 2.45) is 13.0 Å². The average Bonchev–Trinajstić information content (AvgIpc) is 3.20. The molecule has 0 N–H and O–H groups in total. The van der Waals surface area contributed by atoms with Crippen LogP contribution in [-0.2, 0) is 23.2 Å². The molecule has 2 atom stereocenters. The van der Waals surface area contributed by atoms with Crippen molar-refractivity contribution in [2.45, 2.75) is 18.9 Å². The first kappa shape index (κ1) is 14.7. The lowest BCUT2D eigenvalue weighted by Crippen LogP contribution is -2.10. The van der Waals surface area contributed by atoms with E-state index < -0.39 is 0 Å². The molecule has 1 aromatic carbocycles. The molecule has 21 heavy (non-hydrogen) atoms. The van der Waals surface area contributed by atoms with Crippen LogP contribution >= 0.6 is 31.9 Å². The Morgan fingerprint density at radius 2 is 2.10 bits per heavy atom. The van der Waals surface area contributed by atoms with Crippen molar-refractivity contribution in [1.29, 1.82) is 0 Å². The summed E-state index contributed by atoms with van der Waals surface area (Å²) >= 11 is 6.69. The molecule has 0 unspecified atom stereocenters. The van der Waals surface area contributed by atoms with E-state index in [1.807, 2.05) is 24.3 Å². The van der Waals surface area contributed by atoms with Gasteiger partial charge in [-0.05, 0) is 46.0 Å². The Balaban J connectivity index is 1.57. The molecule has 0 amide bonds. The standard InChI is InChI=1S/C14H13Br2N3O2/c1-19-12(13(16)17-18-19)7-21-14(20)11-6-10(11)8-2-4-9(15)5-3-8/h2-5,10-11H,6-7H2,1H3/t10-,11+/m0/s1. The molecule has 1 aliphatic rings. The molecule has 110 valence electrons. The van der Waals surface area contributed by atoms with Gasteiger partial charge in [0, 0.05) is 11.5 Å². The maximum atomic E-state index is 12.1. The molecule has 0 radical (unpaired) electrons. The van der Waals surface area contributed by atoms with Crippen LogP contribution in [0.25, 0.3) is 0 Å². The summed E-state index contributed by atoms with van der Waals surface area (Å²) in [5.41, 5.74) is 1.94. The Morgan fingerprint density at radius 3 is 2.71 bits per heavy atom. The molecule has 1 aliphatic carbocycles. The maximum absolute atomic E-state index is 12.1. The van der Waals surface area contributed by atoms with Gasteiger partial charge < -0.3 is 4.74 Å². The van der Waals surface area contributed by atoms with Crippen molar-refractivity contribution in [2.75, 3.05) is 0 Å². The van der Waals surface area contributed by atoms with Crippen LogP contribution in [0.1, 0.15) is 23.6 Å². The van der Waals surface area contributed by atoms with Crippen molar-refractivity contribution in [3.8, 4) is 0 Å². The molecular formula is C14H13Br2N3O2. The van der Waals surface area contributed by atoms with E-state index >= 15 is 0 Å². The minimum absolute atomic E-state index is 0.0360. The average molecular weight is 415 g/mol. The number of aromatic nitrogens is 3. The first-order chi connectivity index (χ1) is 10.1. The van der Waals surface area contributed by atoms with Gasteiger partial charge in [0.2, 0.25) is 0 Å². The number of esters is 1. The minimum atomic E-state index is -0.156. The number of carbonyl (C=O) groups is 1. The van der Waals surface area contributed by atoms with Crippen LogP contribution in [0.15, 0.2) is 33.3 Å². The van der Waals surface area contributed by atoms with Crippen LogP contribution in [0.3, 0.4) is 0 Å². The van der Waals surface area contributed by atoms with Gasteiger partial charge in [0.15, 0.2) is 4.60 Å². The summed E-state index contributed by atoms with van der Waals surface area (Å²) in [7, 11) is 1.77. The van der Waals surface area contributed by atoms with Gasteiger partial charge in [0.25, 0.3) is 0 Å². The Hall–Kier alpha value is -1.21. The SMILES string of the molecule is Cn1nnc(Br)c1COC(=O)[C@@H]1C[C@H]1c1ccc(Br)cc1. The topological polar surface area (TPSA) is 57.0 Å². The first-order valence-electron chi connectivity index (χ1n) is 6.52. The van der Waals surface area contributed by atoms with Gasteiger partial charge in [-0.25, -0.2) is 4.68 Å². The fraction of sp³-hybridized carbons (Fsp3) is 0.357. The van der Waals surface area contributed by atoms with E-state index in [0.29, 0.717) is 4.60 Å². The summed E-state index contributed by atoms with van der Waals surface area (Å²) in [6.07, 6.45) is 0.852. The molecule has 2 aromatic rings. The van der Waals surface area contributed by atoms with Crippen molar-refractivity contribution in [3.63, 3.8) is 0 Å². The van der Waals surface area contributed by atoms with Crippen LogP contribution < -0.4 is 0 Å². The number of ether oxygens (including phenoxy) is 1. The zero-order chi connectivity index (χ0) is 15.0. The highest BCUT2D eigenvalue weighted by molar-refractivity contribution is 9.10. The van der Waals surface area contributed by atoms with E-state index in [-0.39, 0.29) is 24.4 Å². The van der Waals surface area contributed by atoms with Crippen molar-refractivity contribution < 1.29 is 9.53 Å². The first-order valence-corrected chi connectivity index (χ1v) is 8.11. The minimum Gasteiger partial charge on any atom is -0.459 e. The fourth-order valence-corrected chi connectivity index (χ4v) is 2.99. The summed E-state index contributed by atoms with van der Waals surface area (Å²) < 4.78 is 8.61. The lowest BCUT2D eigenvalue weighted by molar-refractivity contribution is -0.146. The Bertz CT molecular complexity index is 650. The highest BCUT2D eigenvalue weighted by Gasteiger charge is 2.45. The molecular weight excluding hydrogens is 402 g/mol. The van der Waals surface area contributed by atoms with Crippen LogP contribution in [0.5, 0.6) is 0 Å². The van der Waals surface area contributed by atoms with Gasteiger partial charge in [-0.3, -0.25) is 4.79 Å². The highest BCUT2D eigenvalue weighted by atomic mass is 79.9. The molecule has 1 saturated carbocycles. The molecule has 5 nitrogen and oxygen atoms in total. The maximum Gasteiger partial charge on any atom is 0.309 e. The summed E-state index contributed by atoms with van der Waals surface area (Å²) in [4.78, 5) is 12.1. The fourth-order valence-electron chi connectivity index (χ4n) is 2.28. The van der Waals surface area contributed by atoms with Crippen molar-refractivity contribution in [1.82, 2.24) is 15.0 Å². The van der Waals surface area contributed by atoms with Crippen LogP contribution in [0.4, 0.5) is 0 Å². The van der Waals surface area contributed by atoms with Gasteiger partial charge in [0.05, 0.1) is 5.92 Å². The molecule has 1 aromatic heterocycles. The van der Waals surface area contributed by atoms with E-state index in [0.717, 1.165) is 16.6 Å². The third-order valence-electron chi connectivity index (χ3n) is 3.64. The van der Waals surface area contributed by atoms with Crippen LogP contribution in [0, 0.1) is 5.92 Å². The van der Waals surface area contributed by atoms with E-state index in [9.17, 15) is 4.79 Å². The molecule has 3 rings (SSSR count). The number of halogens is 2. The van der Waals surface area contributed by atoms with Gasteiger partial charge in [-0.2, -0.15) is 0 Å². The predicted molar refractivity (Wildman–Crippen MR) is 83.5 cm³/mol. The summed E-state index contributed by atoms with van der Waals surface area (Å²) in [6, 6.07) is 8.08. The second-order valence-electron chi connectivity index (χ2n) is 5.06. The monoisotopic (exact) mass is 413 g/mol. The largest absolute Gasteiger partial charge is 0.459 e. The molecule has 7 heteroatoms. The van der Waals surface area contributed by atoms with Gasteiger partial charge >= 0.3 is 5.97 Å². The number of nitrogens with zero attached hydrogens (tertiary/aromatic N) is 3. The van der Waals surface area contributed by atoms with Crippen LogP contribution in [0.2, 0.25) is 0 Å². The van der Waals surface area contributed by atoms with Gasteiger partial charge in [0.1, 0.15) is 12.3 Å². The van der Waals surface area contributed by atoms with Crippen molar-refractivity contribution in [3.05, 3.63) is 44.6 Å². The molecule has 0 bridgehead atoms. The zero-order valence-electron chi connectivity index (χ0n) is 11.3. The lowest BCUT2D eigenvalue weighted by Gasteiger charge is -2.05. The molecule has 0 saturated heterocycles. The molecule has 1 fully saturated rings. The Morgan fingerprint density at radius 1 is 1.38 bits per heavy atom. The zero-order valence-corrected chi connectivity index (χ0v) is 14.5. The van der Waals surface area contributed by atoms with Crippen molar-refractivity contribution >= 4 is 37.8 Å². The molecule has 1 heterocycles. The van der Waals surface area contributed by atoms with E-state index in [4.69, 9.17) is 4.74 Å². The second kappa shape index (κ2) is 5.88. The Kier molecular flexibility index (Phi) is 4.12. The summed E-state index contributed by atoms with van der Waals surface area (Å²) in [5.74, 6) is 0.0841. The summed E-state index contributed by atoms with van der Waals surface area (Å²) in [6.45, 7) is 0.187. The number of hydrogen-bond donors (Lipinski definition) is 0. The van der Waals surface area contributed by atoms with E-state index in [1.165, 1.54) is 5.56 Å². The predicted octanol–water partition coefficient (Wildman–Crippen LogP) is 3.19. The summed E-state index contributed by atoms with van der Waals surface area (Å²) in [5, 5.41) is 7.71. The number of benzene rings is 1.